The van der Waals surface area contributed by atoms with Crippen LogP contribution in [0, 0.1) is 11.8 Å². The van der Waals surface area contributed by atoms with E-state index in [4.69, 9.17) is 4.99 Å². The van der Waals surface area contributed by atoms with Crippen molar-refractivity contribution in [3.63, 3.8) is 0 Å². The molecule has 0 aliphatic carbocycles. The fraction of sp³-hybridized carbons (Fsp3) is 0.933. The fourth-order valence-corrected chi connectivity index (χ4v) is 2.75. The summed E-state index contributed by atoms with van der Waals surface area (Å²) in [4.78, 5) is 9.52. The molecule has 120 valence electrons. The van der Waals surface area contributed by atoms with Gasteiger partial charge < -0.3 is 15.1 Å². The number of aliphatic imine (C=N–C) groups is 1. The molecule has 0 aromatic rings. The van der Waals surface area contributed by atoms with Crippen LogP contribution in [0.25, 0.3) is 0 Å². The maximum atomic E-state index is 4.78. The largest absolute Gasteiger partial charge is 0.357 e. The van der Waals surface area contributed by atoms with E-state index in [1.807, 2.05) is 0 Å². The van der Waals surface area contributed by atoms with Gasteiger partial charge in [-0.3, -0.25) is 4.99 Å². The van der Waals surface area contributed by atoms with Crippen molar-refractivity contribution in [3.8, 4) is 0 Å². The molecule has 1 N–H and O–H groups in total. The van der Waals surface area contributed by atoms with Crippen molar-refractivity contribution < 1.29 is 0 Å². The third-order valence-electron chi connectivity index (χ3n) is 3.79. The smallest absolute Gasteiger partial charge is 0.193 e. The van der Waals surface area contributed by atoms with Crippen molar-refractivity contribution >= 4 is 29.9 Å². The topological polar surface area (TPSA) is 30.9 Å². The van der Waals surface area contributed by atoms with Crippen LogP contribution in [0.4, 0.5) is 0 Å². The SMILES string of the molecule is CCNC(=NCCN(C)CC)N1CC(C)CC(C)C1.I. The van der Waals surface area contributed by atoms with Gasteiger partial charge in [0.2, 0.25) is 0 Å². The Morgan fingerprint density at radius 2 is 1.85 bits per heavy atom. The number of rotatable bonds is 5. The van der Waals surface area contributed by atoms with E-state index in [1.54, 1.807) is 0 Å². The van der Waals surface area contributed by atoms with Crippen LogP contribution in [0.3, 0.4) is 0 Å². The van der Waals surface area contributed by atoms with E-state index in [2.05, 4.69) is 49.9 Å². The zero-order valence-electron chi connectivity index (χ0n) is 13.9. The molecule has 4 nitrogen and oxygen atoms in total. The summed E-state index contributed by atoms with van der Waals surface area (Å²) < 4.78 is 0. The highest BCUT2D eigenvalue weighted by atomic mass is 127. The molecule has 1 rings (SSSR count). The number of hydrogen-bond donors (Lipinski definition) is 1. The molecule has 0 radical (unpaired) electrons. The highest BCUT2D eigenvalue weighted by Crippen LogP contribution is 2.20. The Bertz CT molecular complexity index is 273. The van der Waals surface area contributed by atoms with Gasteiger partial charge in [-0.05, 0) is 38.8 Å². The normalized spacial score (nSPS) is 23.7. The maximum Gasteiger partial charge on any atom is 0.193 e. The number of likely N-dealkylation sites (N-methyl/N-ethyl adjacent to an activating group) is 1. The first-order valence-electron chi connectivity index (χ1n) is 7.78. The number of piperidine rings is 1. The first-order valence-corrected chi connectivity index (χ1v) is 7.78. The molecule has 0 spiro atoms. The van der Waals surface area contributed by atoms with Crippen molar-refractivity contribution in [2.45, 2.75) is 34.1 Å². The molecule has 0 saturated carbocycles. The second-order valence-corrected chi connectivity index (χ2v) is 5.98. The Morgan fingerprint density at radius 1 is 1.25 bits per heavy atom. The molecule has 0 amide bonds. The van der Waals surface area contributed by atoms with Crippen LogP contribution >= 0.6 is 24.0 Å². The second kappa shape index (κ2) is 10.7. The third-order valence-corrected chi connectivity index (χ3v) is 3.79. The molecule has 1 aliphatic heterocycles. The summed E-state index contributed by atoms with van der Waals surface area (Å²) in [6, 6.07) is 0. The number of nitrogens with zero attached hydrogens (tertiary/aromatic N) is 3. The Kier molecular flexibility index (Phi) is 10.6. The van der Waals surface area contributed by atoms with Crippen LogP contribution in [-0.4, -0.2) is 62.1 Å². The molecule has 1 fully saturated rings. The summed E-state index contributed by atoms with van der Waals surface area (Å²) in [5, 5.41) is 3.44. The fourth-order valence-electron chi connectivity index (χ4n) is 2.75. The Balaban J connectivity index is 0.00000361. The van der Waals surface area contributed by atoms with Gasteiger partial charge in [-0.15, -0.1) is 24.0 Å². The lowest BCUT2D eigenvalue weighted by molar-refractivity contribution is 0.208. The van der Waals surface area contributed by atoms with E-state index >= 15 is 0 Å². The van der Waals surface area contributed by atoms with Crippen molar-refractivity contribution in [2.75, 3.05) is 46.3 Å². The average molecular weight is 396 g/mol. The molecule has 2 atom stereocenters. The minimum atomic E-state index is 0. The van der Waals surface area contributed by atoms with Gasteiger partial charge in [0.15, 0.2) is 5.96 Å². The van der Waals surface area contributed by atoms with Crippen molar-refractivity contribution in [3.05, 3.63) is 0 Å². The van der Waals surface area contributed by atoms with Crippen LogP contribution in [0.2, 0.25) is 0 Å². The van der Waals surface area contributed by atoms with Gasteiger partial charge in [0.25, 0.3) is 0 Å². The average Bonchev–Trinajstić information content (AvgIpc) is 2.36. The van der Waals surface area contributed by atoms with Gasteiger partial charge >= 0.3 is 0 Å². The van der Waals surface area contributed by atoms with E-state index in [1.165, 1.54) is 6.42 Å². The summed E-state index contributed by atoms with van der Waals surface area (Å²) in [5.41, 5.74) is 0. The van der Waals surface area contributed by atoms with E-state index in [0.717, 1.165) is 57.1 Å². The van der Waals surface area contributed by atoms with Gasteiger partial charge in [0.1, 0.15) is 0 Å². The molecule has 1 heterocycles. The first-order chi connectivity index (χ1) is 9.06. The van der Waals surface area contributed by atoms with Gasteiger partial charge in [0, 0.05) is 26.2 Å². The van der Waals surface area contributed by atoms with Gasteiger partial charge in [-0.2, -0.15) is 0 Å². The molecule has 5 heteroatoms. The molecule has 1 aliphatic rings. The molecule has 0 aromatic heterocycles. The number of likely N-dealkylation sites (tertiary alicyclic amines) is 1. The monoisotopic (exact) mass is 396 g/mol. The van der Waals surface area contributed by atoms with Gasteiger partial charge in [-0.1, -0.05) is 20.8 Å². The Labute approximate surface area is 142 Å². The van der Waals surface area contributed by atoms with E-state index in [9.17, 15) is 0 Å². The summed E-state index contributed by atoms with van der Waals surface area (Å²) in [6.45, 7) is 15.2. The predicted molar refractivity (Wildman–Crippen MR) is 99.1 cm³/mol. The molecule has 0 bridgehead atoms. The van der Waals surface area contributed by atoms with Crippen LogP contribution in [0.5, 0.6) is 0 Å². The van der Waals surface area contributed by atoms with Crippen LogP contribution in [0.15, 0.2) is 4.99 Å². The molecular weight excluding hydrogens is 363 g/mol. The minimum absolute atomic E-state index is 0. The minimum Gasteiger partial charge on any atom is -0.357 e. The zero-order valence-corrected chi connectivity index (χ0v) is 16.2. The second-order valence-electron chi connectivity index (χ2n) is 5.98. The van der Waals surface area contributed by atoms with Crippen LogP contribution in [-0.2, 0) is 0 Å². The predicted octanol–water partition coefficient (Wildman–Crippen LogP) is 2.50. The maximum absolute atomic E-state index is 4.78. The zero-order chi connectivity index (χ0) is 14.3. The highest BCUT2D eigenvalue weighted by molar-refractivity contribution is 14.0. The lowest BCUT2D eigenvalue weighted by Gasteiger charge is -2.37. The summed E-state index contributed by atoms with van der Waals surface area (Å²) in [7, 11) is 2.15. The first kappa shape index (κ1) is 20.0. The van der Waals surface area contributed by atoms with Gasteiger partial charge in [-0.25, -0.2) is 0 Å². The quantitative estimate of drug-likeness (QED) is 0.440. The molecule has 0 aromatic carbocycles. The number of halogens is 1. The summed E-state index contributed by atoms with van der Waals surface area (Å²) in [6.07, 6.45) is 1.34. The molecular formula is C15H33IN4. The lowest BCUT2D eigenvalue weighted by Crippen LogP contribution is -2.48. The third kappa shape index (κ3) is 7.11. The van der Waals surface area contributed by atoms with Crippen molar-refractivity contribution in [1.82, 2.24) is 15.1 Å². The van der Waals surface area contributed by atoms with E-state index in [0.29, 0.717) is 0 Å². The standard InChI is InChI=1S/C15H32N4.HI/c1-6-16-15(17-8-9-18(5)7-2)19-11-13(3)10-14(4)12-19;/h13-14H,6-12H2,1-5H3,(H,16,17);1H. The van der Waals surface area contributed by atoms with Crippen molar-refractivity contribution in [2.24, 2.45) is 16.8 Å². The number of nitrogens with one attached hydrogen (secondary N) is 1. The lowest BCUT2D eigenvalue weighted by atomic mass is 9.92. The molecule has 20 heavy (non-hydrogen) atoms. The van der Waals surface area contributed by atoms with Gasteiger partial charge in [0.05, 0.1) is 6.54 Å². The van der Waals surface area contributed by atoms with E-state index < -0.39 is 0 Å². The number of guanidine groups is 1. The molecule has 1 saturated heterocycles. The Morgan fingerprint density at radius 3 is 2.35 bits per heavy atom. The molecule has 2 unspecified atom stereocenters. The number of hydrogen-bond acceptors (Lipinski definition) is 2. The summed E-state index contributed by atoms with van der Waals surface area (Å²) >= 11 is 0. The highest BCUT2D eigenvalue weighted by Gasteiger charge is 2.23. The van der Waals surface area contributed by atoms with Crippen molar-refractivity contribution in [1.29, 1.82) is 0 Å². The van der Waals surface area contributed by atoms with Crippen LogP contribution in [0.1, 0.15) is 34.1 Å². The van der Waals surface area contributed by atoms with E-state index in [-0.39, 0.29) is 24.0 Å². The Hall–Kier alpha value is -0.0400. The van der Waals surface area contributed by atoms with Crippen LogP contribution < -0.4 is 5.32 Å². The summed E-state index contributed by atoms with van der Waals surface area (Å²) in [5.74, 6) is 2.64.